The number of benzene rings is 3. The van der Waals surface area contributed by atoms with Crippen LogP contribution in [0.5, 0.6) is 11.5 Å². The molecule has 1 heterocycles. The third kappa shape index (κ3) is 5.29. The molecule has 2 N–H and O–H groups in total. The highest BCUT2D eigenvalue weighted by Gasteiger charge is 2.24. The van der Waals surface area contributed by atoms with Crippen LogP contribution in [0.4, 0.5) is 11.9 Å². The molecule has 0 aliphatic carbocycles. The van der Waals surface area contributed by atoms with Gasteiger partial charge in [-0.3, -0.25) is 0 Å². The van der Waals surface area contributed by atoms with Gasteiger partial charge in [0.1, 0.15) is 11.5 Å². The molecule has 0 aliphatic rings. The fourth-order valence-electron chi connectivity index (χ4n) is 3.27. The molecule has 4 rings (SSSR count). The van der Waals surface area contributed by atoms with E-state index in [0.29, 0.717) is 18.8 Å². The Morgan fingerprint density at radius 3 is 1.97 bits per heavy atom. The van der Waals surface area contributed by atoms with E-state index in [1.807, 2.05) is 48.5 Å². The second-order valence-electron chi connectivity index (χ2n) is 7.33. The van der Waals surface area contributed by atoms with Crippen molar-refractivity contribution >= 4 is 21.9 Å². The molecule has 1 aromatic heterocycles. The molecule has 4 aromatic rings. The molecule has 0 radical (unpaired) electrons. The van der Waals surface area contributed by atoms with Gasteiger partial charge in [0, 0.05) is 13.1 Å². The van der Waals surface area contributed by atoms with Crippen LogP contribution in [0.1, 0.15) is 11.1 Å². The molecule has 3 aromatic carbocycles. The Kier molecular flexibility index (Phi) is 6.98. The van der Waals surface area contributed by atoms with Crippen LogP contribution < -0.4 is 20.1 Å². The number of rotatable bonds is 10. The number of ether oxygens (including phenoxy) is 2. The summed E-state index contributed by atoms with van der Waals surface area (Å²) in [5.41, 5.74) is 1.84. The van der Waals surface area contributed by atoms with E-state index in [-0.39, 0.29) is 16.8 Å². The minimum absolute atomic E-state index is 0.0971. The third-order valence-corrected chi connectivity index (χ3v) is 6.59. The van der Waals surface area contributed by atoms with Gasteiger partial charge in [-0.25, -0.2) is 0 Å². The average Bonchev–Trinajstić information content (AvgIpc) is 3.31. The van der Waals surface area contributed by atoms with Gasteiger partial charge in [-0.2, -0.15) is 13.4 Å². The van der Waals surface area contributed by atoms with Crippen molar-refractivity contribution in [2.24, 2.45) is 0 Å². The summed E-state index contributed by atoms with van der Waals surface area (Å²) < 4.78 is 38.0. The van der Waals surface area contributed by atoms with Crippen LogP contribution in [-0.4, -0.2) is 36.8 Å². The zero-order chi connectivity index (χ0) is 24.0. The number of hydrogen-bond acceptors (Lipinski definition) is 8. The van der Waals surface area contributed by atoms with Crippen molar-refractivity contribution in [3.05, 3.63) is 90.0 Å². The minimum Gasteiger partial charge on any atom is -0.497 e. The molecule has 0 bridgehead atoms. The molecule has 0 unspecified atom stereocenters. The molecule has 0 saturated heterocycles. The highest BCUT2D eigenvalue weighted by molar-refractivity contribution is 7.90. The monoisotopic (exact) mass is 479 g/mol. The number of hydrogen-bond donors (Lipinski definition) is 2. The summed E-state index contributed by atoms with van der Waals surface area (Å²) in [4.78, 5) is 4.52. The van der Waals surface area contributed by atoms with E-state index < -0.39 is 10.0 Å². The van der Waals surface area contributed by atoms with Gasteiger partial charge < -0.3 is 20.1 Å². The van der Waals surface area contributed by atoms with E-state index in [9.17, 15) is 8.42 Å². The number of methoxy groups -OCH3 is 2. The normalized spacial score (nSPS) is 11.1. The maximum absolute atomic E-state index is 13.3. The molecule has 34 heavy (non-hydrogen) atoms. The van der Waals surface area contributed by atoms with E-state index in [1.165, 1.54) is 12.1 Å². The highest BCUT2D eigenvalue weighted by atomic mass is 32.2. The number of anilines is 2. The lowest BCUT2D eigenvalue weighted by Gasteiger charge is -2.09. The first-order valence-corrected chi connectivity index (χ1v) is 11.9. The van der Waals surface area contributed by atoms with E-state index in [2.05, 4.69) is 20.7 Å². The van der Waals surface area contributed by atoms with Gasteiger partial charge >= 0.3 is 0 Å². The van der Waals surface area contributed by atoms with Gasteiger partial charge in [-0.05, 0) is 47.5 Å². The molecule has 0 spiro atoms. The van der Waals surface area contributed by atoms with Crippen molar-refractivity contribution < 1.29 is 17.9 Å². The summed E-state index contributed by atoms with van der Waals surface area (Å²) in [5.74, 6) is 1.71. The lowest BCUT2D eigenvalue weighted by molar-refractivity contribution is 0.414. The van der Waals surface area contributed by atoms with Crippen LogP contribution >= 0.6 is 0 Å². The Labute approximate surface area is 198 Å². The van der Waals surface area contributed by atoms with Gasteiger partial charge in [0.05, 0.1) is 19.1 Å². The molecule has 0 atom stereocenters. The Bertz CT molecular complexity index is 1360. The maximum Gasteiger partial charge on any atom is 0.286 e. The Balaban J connectivity index is 1.61. The van der Waals surface area contributed by atoms with Crippen molar-refractivity contribution in [2.75, 3.05) is 24.9 Å². The SMILES string of the molecule is COc1cccc(CNc2nc(NCc3cccc(OC)c3)n(S(=O)(=O)c3ccccc3)n2)c1. The van der Waals surface area contributed by atoms with Crippen molar-refractivity contribution in [3.63, 3.8) is 0 Å². The molecular formula is C24H25N5O4S. The fraction of sp³-hybridized carbons (Fsp3) is 0.167. The second kappa shape index (κ2) is 10.3. The van der Waals surface area contributed by atoms with E-state index in [0.717, 1.165) is 21.0 Å². The lowest BCUT2D eigenvalue weighted by atomic mass is 10.2. The summed E-state index contributed by atoms with van der Waals surface area (Å²) in [5, 5.41) is 10.4. The lowest BCUT2D eigenvalue weighted by Crippen LogP contribution is -2.18. The first-order chi connectivity index (χ1) is 16.5. The van der Waals surface area contributed by atoms with Gasteiger partial charge in [-0.1, -0.05) is 42.5 Å². The maximum atomic E-state index is 13.3. The molecule has 0 fully saturated rings. The molecule has 0 saturated carbocycles. The van der Waals surface area contributed by atoms with Gasteiger partial charge in [0.2, 0.25) is 11.9 Å². The van der Waals surface area contributed by atoms with Crippen LogP contribution in [0.2, 0.25) is 0 Å². The second-order valence-corrected chi connectivity index (χ2v) is 9.10. The average molecular weight is 480 g/mol. The first kappa shape index (κ1) is 23.1. The summed E-state index contributed by atoms with van der Waals surface area (Å²) in [7, 11) is -0.769. The molecule has 176 valence electrons. The topological polar surface area (TPSA) is 107 Å². The third-order valence-electron chi connectivity index (χ3n) is 5.02. The molecule has 0 aliphatic heterocycles. The highest BCUT2D eigenvalue weighted by Crippen LogP contribution is 2.21. The summed E-state index contributed by atoms with van der Waals surface area (Å²) in [6.07, 6.45) is 0. The van der Waals surface area contributed by atoms with E-state index in [1.54, 1.807) is 32.4 Å². The molecule has 0 amide bonds. The van der Waals surface area contributed by atoms with E-state index >= 15 is 0 Å². The van der Waals surface area contributed by atoms with Crippen molar-refractivity contribution in [2.45, 2.75) is 18.0 Å². The van der Waals surface area contributed by atoms with Crippen LogP contribution in [0.25, 0.3) is 0 Å². The van der Waals surface area contributed by atoms with Crippen LogP contribution in [0.3, 0.4) is 0 Å². The van der Waals surface area contributed by atoms with Gasteiger partial charge in [-0.15, -0.1) is 9.19 Å². The Hall–Kier alpha value is -4.05. The van der Waals surface area contributed by atoms with Gasteiger partial charge in [0.15, 0.2) is 0 Å². The zero-order valence-corrected chi connectivity index (χ0v) is 19.6. The number of nitrogens with zero attached hydrogens (tertiary/aromatic N) is 3. The zero-order valence-electron chi connectivity index (χ0n) is 18.8. The molecule has 9 nitrogen and oxygen atoms in total. The van der Waals surface area contributed by atoms with Crippen LogP contribution in [0.15, 0.2) is 83.8 Å². The largest absolute Gasteiger partial charge is 0.497 e. The molecule has 10 heteroatoms. The summed E-state index contributed by atoms with van der Waals surface area (Å²) >= 11 is 0. The fourth-order valence-corrected chi connectivity index (χ4v) is 4.49. The van der Waals surface area contributed by atoms with Crippen LogP contribution in [0, 0.1) is 0 Å². The van der Waals surface area contributed by atoms with Crippen molar-refractivity contribution in [1.29, 1.82) is 0 Å². The standard InChI is InChI=1S/C24H25N5O4S/c1-32-20-10-6-8-18(14-20)16-25-23-27-24(26-17-19-9-7-11-21(15-19)33-2)29(28-23)34(30,31)22-12-4-3-5-13-22/h3-15H,16-17H2,1-2H3,(H2,25,26,27,28). The van der Waals surface area contributed by atoms with Crippen molar-refractivity contribution in [1.82, 2.24) is 14.2 Å². The predicted molar refractivity (Wildman–Crippen MR) is 130 cm³/mol. The summed E-state index contributed by atoms with van der Waals surface area (Å²) in [6, 6.07) is 23.1. The summed E-state index contributed by atoms with van der Waals surface area (Å²) in [6.45, 7) is 0.720. The first-order valence-electron chi connectivity index (χ1n) is 10.5. The van der Waals surface area contributed by atoms with E-state index in [4.69, 9.17) is 9.47 Å². The predicted octanol–water partition coefficient (Wildman–Crippen LogP) is 3.76. The Morgan fingerprint density at radius 1 is 0.794 bits per heavy atom. The Morgan fingerprint density at radius 2 is 1.38 bits per heavy atom. The molecular weight excluding hydrogens is 454 g/mol. The number of nitrogens with one attached hydrogen (secondary N) is 2. The van der Waals surface area contributed by atoms with Gasteiger partial charge in [0.25, 0.3) is 10.0 Å². The smallest absolute Gasteiger partial charge is 0.286 e. The van der Waals surface area contributed by atoms with Crippen molar-refractivity contribution in [3.8, 4) is 11.5 Å². The quantitative estimate of drug-likeness (QED) is 0.354. The minimum atomic E-state index is -3.96. The number of aromatic nitrogens is 3. The van der Waals surface area contributed by atoms with Crippen LogP contribution in [-0.2, 0) is 23.1 Å².